The highest BCUT2D eigenvalue weighted by atomic mass is 19.4. The van der Waals surface area contributed by atoms with Crippen molar-refractivity contribution in [1.82, 2.24) is 5.32 Å². The monoisotopic (exact) mass is 254 g/mol. The molecule has 1 aromatic carbocycles. The highest BCUT2D eigenvalue weighted by Crippen LogP contribution is 2.33. The molecule has 1 saturated heterocycles. The molecular formula is C13H13F3N2. The lowest BCUT2D eigenvalue weighted by Crippen LogP contribution is -2.34. The van der Waals surface area contributed by atoms with Crippen LogP contribution < -0.4 is 5.32 Å². The molecule has 2 nitrogen and oxygen atoms in total. The second-order valence-electron chi connectivity index (χ2n) is 4.54. The highest BCUT2D eigenvalue weighted by molar-refractivity contribution is 5.29. The molecule has 0 spiro atoms. The van der Waals surface area contributed by atoms with Crippen molar-refractivity contribution in [3.05, 3.63) is 35.4 Å². The van der Waals surface area contributed by atoms with E-state index in [2.05, 4.69) is 11.4 Å². The third kappa shape index (κ3) is 2.82. The van der Waals surface area contributed by atoms with Crippen LogP contribution in [0, 0.1) is 17.2 Å². The summed E-state index contributed by atoms with van der Waals surface area (Å²) in [5.41, 5.74) is 0.0244. The summed E-state index contributed by atoms with van der Waals surface area (Å²) < 4.78 is 37.8. The Morgan fingerprint density at radius 1 is 1.28 bits per heavy atom. The van der Waals surface area contributed by atoms with Crippen LogP contribution in [-0.2, 0) is 6.18 Å². The van der Waals surface area contributed by atoms with Crippen molar-refractivity contribution in [3.8, 4) is 6.07 Å². The van der Waals surface area contributed by atoms with Crippen LogP contribution in [0.1, 0.15) is 23.5 Å². The van der Waals surface area contributed by atoms with Gasteiger partial charge in [-0.15, -0.1) is 0 Å². The van der Waals surface area contributed by atoms with Gasteiger partial charge in [0.05, 0.1) is 17.6 Å². The number of piperidine rings is 1. The number of nitrogens with one attached hydrogen (secondary N) is 1. The molecule has 1 N–H and O–H groups in total. The molecule has 0 aromatic heterocycles. The minimum absolute atomic E-state index is 0.0225. The van der Waals surface area contributed by atoms with Gasteiger partial charge in [-0.3, -0.25) is 0 Å². The van der Waals surface area contributed by atoms with Gasteiger partial charge in [0, 0.05) is 13.1 Å². The summed E-state index contributed by atoms with van der Waals surface area (Å²) in [6.45, 7) is 1.24. The second kappa shape index (κ2) is 4.99. The van der Waals surface area contributed by atoms with Crippen LogP contribution in [0.4, 0.5) is 13.2 Å². The molecule has 1 heterocycles. The Labute approximate surface area is 103 Å². The molecule has 5 heteroatoms. The molecule has 1 aliphatic heterocycles. The number of nitrogens with zero attached hydrogens (tertiary/aromatic N) is 1. The van der Waals surface area contributed by atoms with Crippen molar-refractivity contribution in [2.24, 2.45) is 5.92 Å². The molecule has 0 radical (unpaired) electrons. The van der Waals surface area contributed by atoms with Crippen LogP contribution in [0.2, 0.25) is 0 Å². The lowest BCUT2D eigenvalue weighted by Gasteiger charge is -2.27. The zero-order valence-corrected chi connectivity index (χ0v) is 9.67. The van der Waals surface area contributed by atoms with Gasteiger partial charge >= 0.3 is 6.18 Å². The van der Waals surface area contributed by atoms with E-state index in [1.54, 1.807) is 6.07 Å². The first-order chi connectivity index (χ1) is 8.50. The number of alkyl halides is 3. The van der Waals surface area contributed by atoms with Crippen LogP contribution in [0.5, 0.6) is 0 Å². The van der Waals surface area contributed by atoms with Crippen molar-refractivity contribution in [1.29, 1.82) is 5.26 Å². The zero-order valence-electron chi connectivity index (χ0n) is 9.67. The summed E-state index contributed by atoms with van der Waals surface area (Å²) >= 11 is 0. The minimum atomic E-state index is -4.31. The Kier molecular flexibility index (Phi) is 3.58. The van der Waals surface area contributed by atoms with Crippen molar-refractivity contribution in [2.75, 3.05) is 13.1 Å². The van der Waals surface area contributed by atoms with Crippen LogP contribution >= 0.6 is 0 Å². The molecule has 0 amide bonds. The number of rotatable bonds is 1. The molecule has 0 aliphatic carbocycles. The Morgan fingerprint density at radius 2 is 2.06 bits per heavy atom. The lowest BCUT2D eigenvalue weighted by molar-refractivity contribution is -0.137. The third-order valence-electron chi connectivity index (χ3n) is 3.22. The fourth-order valence-electron chi connectivity index (χ4n) is 2.26. The highest BCUT2D eigenvalue weighted by Gasteiger charge is 2.31. The molecule has 96 valence electrons. The Bertz CT molecular complexity index is 462. The van der Waals surface area contributed by atoms with Gasteiger partial charge in [0.2, 0.25) is 0 Å². The fourth-order valence-corrected chi connectivity index (χ4v) is 2.26. The van der Waals surface area contributed by atoms with Crippen LogP contribution in [0.15, 0.2) is 24.3 Å². The SMILES string of the molecule is N#CC1CNCC(c2cccc(C(F)(F)F)c2)C1. The van der Waals surface area contributed by atoms with Crippen molar-refractivity contribution < 1.29 is 13.2 Å². The van der Waals surface area contributed by atoms with E-state index in [1.807, 2.05) is 0 Å². The van der Waals surface area contributed by atoms with E-state index in [9.17, 15) is 13.2 Å². The Morgan fingerprint density at radius 3 is 2.72 bits per heavy atom. The van der Waals surface area contributed by atoms with Gasteiger partial charge in [-0.2, -0.15) is 18.4 Å². The molecule has 1 fully saturated rings. The molecule has 1 aliphatic rings. The normalized spacial score (nSPS) is 24.6. The maximum atomic E-state index is 12.6. The van der Waals surface area contributed by atoms with Gasteiger partial charge in [0.1, 0.15) is 0 Å². The van der Waals surface area contributed by atoms with Gasteiger partial charge in [-0.05, 0) is 24.0 Å². The van der Waals surface area contributed by atoms with Crippen LogP contribution in [0.3, 0.4) is 0 Å². The van der Waals surface area contributed by atoms with E-state index in [1.165, 1.54) is 12.1 Å². The van der Waals surface area contributed by atoms with Gasteiger partial charge in [0.25, 0.3) is 0 Å². The molecule has 0 saturated carbocycles. The molecule has 2 rings (SSSR count). The van der Waals surface area contributed by atoms with E-state index in [-0.39, 0.29) is 11.8 Å². The fraction of sp³-hybridized carbons (Fsp3) is 0.462. The summed E-state index contributed by atoms with van der Waals surface area (Å²) in [5, 5.41) is 12.0. The maximum absolute atomic E-state index is 12.6. The largest absolute Gasteiger partial charge is 0.416 e. The van der Waals surface area contributed by atoms with Crippen molar-refractivity contribution >= 4 is 0 Å². The van der Waals surface area contributed by atoms with Crippen molar-refractivity contribution in [2.45, 2.75) is 18.5 Å². The van der Waals surface area contributed by atoms with E-state index in [0.717, 1.165) is 6.07 Å². The number of benzene rings is 1. The average molecular weight is 254 g/mol. The van der Waals surface area contributed by atoms with Crippen molar-refractivity contribution in [3.63, 3.8) is 0 Å². The predicted molar refractivity (Wildman–Crippen MR) is 60.8 cm³/mol. The average Bonchev–Trinajstić information content (AvgIpc) is 2.38. The van der Waals surface area contributed by atoms with Crippen LogP contribution in [0.25, 0.3) is 0 Å². The van der Waals surface area contributed by atoms with E-state index in [0.29, 0.717) is 25.1 Å². The lowest BCUT2D eigenvalue weighted by atomic mass is 9.85. The molecule has 0 bridgehead atoms. The summed E-state index contributed by atoms with van der Waals surface area (Å²) in [6, 6.07) is 7.54. The van der Waals surface area contributed by atoms with Gasteiger partial charge in [-0.25, -0.2) is 0 Å². The molecule has 1 aromatic rings. The van der Waals surface area contributed by atoms with E-state index >= 15 is 0 Å². The topological polar surface area (TPSA) is 35.8 Å². The Hall–Kier alpha value is -1.54. The zero-order chi connectivity index (χ0) is 13.2. The smallest absolute Gasteiger partial charge is 0.315 e. The summed E-state index contributed by atoms with van der Waals surface area (Å²) in [4.78, 5) is 0. The van der Waals surface area contributed by atoms with Crippen LogP contribution in [-0.4, -0.2) is 13.1 Å². The van der Waals surface area contributed by atoms with Gasteiger partial charge < -0.3 is 5.32 Å². The molecular weight excluding hydrogens is 241 g/mol. The summed E-state index contributed by atoms with van der Waals surface area (Å²) in [7, 11) is 0. The Balaban J connectivity index is 2.21. The quantitative estimate of drug-likeness (QED) is 0.836. The minimum Gasteiger partial charge on any atom is -0.315 e. The second-order valence-corrected chi connectivity index (χ2v) is 4.54. The van der Waals surface area contributed by atoms with E-state index < -0.39 is 11.7 Å². The first kappa shape index (κ1) is 12.9. The summed E-state index contributed by atoms with van der Waals surface area (Å²) in [6.07, 6.45) is -3.70. The van der Waals surface area contributed by atoms with Gasteiger partial charge in [0.15, 0.2) is 0 Å². The van der Waals surface area contributed by atoms with Gasteiger partial charge in [-0.1, -0.05) is 18.2 Å². The summed E-state index contributed by atoms with van der Waals surface area (Å²) in [5.74, 6) is -0.149. The molecule has 18 heavy (non-hydrogen) atoms. The standard InChI is InChI=1S/C13H13F3N2/c14-13(15,16)12-3-1-2-10(5-12)11-4-9(6-17)7-18-8-11/h1-3,5,9,11,18H,4,7-8H2. The van der Waals surface area contributed by atoms with E-state index in [4.69, 9.17) is 5.26 Å². The number of hydrogen-bond donors (Lipinski definition) is 1. The maximum Gasteiger partial charge on any atom is 0.416 e. The molecule has 2 unspecified atom stereocenters. The first-order valence-electron chi connectivity index (χ1n) is 5.78. The number of nitriles is 1. The molecule has 2 atom stereocenters. The number of halogens is 3. The third-order valence-corrected chi connectivity index (χ3v) is 3.22. The number of hydrogen-bond acceptors (Lipinski definition) is 2. The predicted octanol–water partition coefficient (Wildman–Crippen LogP) is 2.92. The first-order valence-corrected chi connectivity index (χ1v) is 5.78.